The molecule has 5 aromatic carbocycles. The second-order valence-corrected chi connectivity index (χ2v) is 13.5. The number of hydrogen-bond donors (Lipinski definition) is 1. The highest BCUT2D eigenvalue weighted by Gasteiger charge is 2.42. The third-order valence-electron chi connectivity index (χ3n) is 7.39. The summed E-state index contributed by atoms with van der Waals surface area (Å²) in [6, 6.07) is 44.9. The van der Waals surface area contributed by atoms with Crippen LogP contribution < -0.4 is 0 Å². The minimum atomic E-state index is -1.55. The van der Waals surface area contributed by atoms with Crippen molar-refractivity contribution < 1.29 is 33.7 Å². The lowest BCUT2D eigenvalue weighted by Gasteiger charge is -2.34. The molecule has 49 heavy (non-hydrogen) atoms. The molecule has 0 amide bonds. The third-order valence-corrected chi connectivity index (χ3v) is 10.4. The quantitative estimate of drug-likeness (QED) is 0.0630. The Kier molecular flexibility index (Phi) is 13.5. The van der Waals surface area contributed by atoms with E-state index in [0.29, 0.717) is 22.6 Å². The Morgan fingerprint density at radius 3 is 1.24 bits per heavy atom. The minimum Gasteiger partial charge on any atom is -0.459 e. The lowest BCUT2D eigenvalue weighted by molar-refractivity contribution is -0.0912. The molecular weight excluding hydrogens is 657 g/mol. The van der Waals surface area contributed by atoms with Crippen LogP contribution in [-0.4, -0.2) is 52.5 Å². The number of ether oxygens (including phenoxy) is 3. The van der Waals surface area contributed by atoms with Gasteiger partial charge in [0.15, 0.2) is 12.2 Å². The summed E-state index contributed by atoms with van der Waals surface area (Å²) in [7, 11) is 0. The Morgan fingerprint density at radius 1 is 0.490 bits per heavy atom. The van der Waals surface area contributed by atoms with Gasteiger partial charge in [0.05, 0.1) is 21.3 Å². The zero-order valence-electron chi connectivity index (χ0n) is 26.6. The van der Waals surface area contributed by atoms with Gasteiger partial charge in [0, 0.05) is 11.5 Å². The zero-order chi connectivity index (χ0) is 34.3. The van der Waals surface area contributed by atoms with Crippen molar-refractivity contribution in [2.24, 2.45) is 0 Å². The van der Waals surface area contributed by atoms with Gasteiger partial charge in [-0.05, 0) is 47.5 Å². The smallest absolute Gasteiger partial charge is 0.338 e. The van der Waals surface area contributed by atoms with Gasteiger partial charge < -0.3 is 19.3 Å². The van der Waals surface area contributed by atoms with E-state index in [1.165, 1.54) is 23.5 Å². The fraction of sp³-hybridized carbons (Fsp3) is 0.175. The molecule has 0 aliphatic carbocycles. The van der Waals surface area contributed by atoms with E-state index in [0.717, 1.165) is 11.1 Å². The molecule has 0 aliphatic rings. The molecule has 0 heterocycles. The van der Waals surface area contributed by atoms with E-state index < -0.39 is 47.4 Å². The maximum Gasteiger partial charge on any atom is 0.338 e. The van der Waals surface area contributed by atoms with Crippen LogP contribution in [0.2, 0.25) is 0 Å². The maximum absolute atomic E-state index is 13.7. The SMILES string of the molecule is O=C(OC[C@H](O)[C@H](OC(=O)c1ccccc1)[C@@H](OC(=O)c1ccccc1)C(SCc1ccccc1)SCc1ccccc1)c1ccccc1. The van der Waals surface area contributed by atoms with Crippen LogP contribution in [0.1, 0.15) is 42.2 Å². The van der Waals surface area contributed by atoms with Crippen molar-refractivity contribution in [3.63, 3.8) is 0 Å². The monoisotopic (exact) mass is 692 g/mol. The van der Waals surface area contributed by atoms with Crippen LogP contribution in [0, 0.1) is 0 Å². The van der Waals surface area contributed by atoms with Crippen LogP contribution >= 0.6 is 23.5 Å². The third kappa shape index (κ3) is 10.8. The molecule has 5 aromatic rings. The van der Waals surface area contributed by atoms with E-state index in [9.17, 15) is 19.5 Å². The summed E-state index contributed by atoms with van der Waals surface area (Å²) < 4.78 is 17.2. The van der Waals surface area contributed by atoms with Crippen LogP contribution in [0.4, 0.5) is 0 Å². The van der Waals surface area contributed by atoms with E-state index in [1.807, 2.05) is 60.7 Å². The first-order valence-electron chi connectivity index (χ1n) is 15.7. The van der Waals surface area contributed by atoms with Crippen molar-refractivity contribution in [3.8, 4) is 0 Å². The van der Waals surface area contributed by atoms with Gasteiger partial charge >= 0.3 is 17.9 Å². The summed E-state index contributed by atoms with van der Waals surface area (Å²) in [6.07, 6.45) is -4.14. The summed E-state index contributed by atoms with van der Waals surface area (Å²) in [5, 5.41) is 11.7. The highest BCUT2D eigenvalue weighted by atomic mass is 32.2. The molecule has 1 N–H and O–H groups in total. The number of rotatable bonds is 16. The molecule has 9 heteroatoms. The average molecular weight is 693 g/mol. The molecule has 7 nitrogen and oxygen atoms in total. The van der Waals surface area contributed by atoms with Gasteiger partial charge in [-0.15, -0.1) is 23.5 Å². The molecule has 0 unspecified atom stereocenters. The lowest BCUT2D eigenvalue weighted by atomic mass is 10.1. The largest absolute Gasteiger partial charge is 0.459 e. The van der Waals surface area contributed by atoms with Crippen LogP contribution in [0.3, 0.4) is 0 Å². The van der Waals surface area contributed by atoms with Crippen molar-refractivity contribution in [1.29, 1.82) is 0 Å². The summed E-state index contributed by atoms with van der Waals surface area (Å²) in [5.41, 5.74) is 2.93. The first-order valence-corrected chi connectivity index (χ1v) is 17.8. The van der Waals surface area contributed by atoms with Crippen LogP contribution in [0.15, 0.2) is 152 Å². The molecule has 0 fully saturated rings. The Hall–Kier alpha value is -4.83. The van der Waals surface area contributed by atoms with Crippen molar-refractivity contribution in [1.82, 2.24) is 0 Å². The van der Waals surface area contributed by atoms with E-state index in [1.54, 1.807) is 91.0 Å². The number of carbonyl (C=O) groups is 3. The van der Waals surface area contributed by atoms with Crippen molar-refractivity contribution in [2.75, 3.05) is 6.61 Å². The van der Waals surface area contributed by atoms with Gasteiger partial charge in [0.2, 0.25) is 0 Å². The molecule has 0 radical (unpaired) electrons. The zero-order valence-corrected chi connectivity index (χ0v) is 28.2. The van der Waals surface area contributed by atoms with Crippen LogP contribution in [0.5, 0.6) is 0 Å². The molecule has 0 aromatic heterocycles. The second-order valence-electron chi connectivity index (χ2n) is 11.0. The Bertz CT molecular complexity index is 1700. The number of benzene rings is 5. The minimum absolute atomic E-state index is 0.250. The summed E-state index contributed by atoms with van der Waals surface area (Å²) in [5.74, 6) is -0.930. The average Bonchev–Trinajstić information content (AvgIpc) is 3.17. The van der Waals surface area contributed by atoms with Crippen LogP contribution in [-0.2, 0) is 25.7 Å². The standard InChI is InChI=1S/C40H36O7S2/c41-34(26-45-37(42)31-20-10-3-11-21-31)35(46-38(43)32-22-12-4-13-23-32)36(47-39(44)33-24-14-5-15-25-33)40(48-27-29-16-6-1-7-17-29)49-28-30-18-8-2-9-19-30/h1-25,34-36,40-41H,26-28H2/t34-,35-,36+/m0/s1. The summed E-state index contributed by atoms with van der Waals surface area (Å²) in [4.78, 5) is 40.1. The highest BCUT2D eigenvalue weighted by molar-refractivity contribution is 8.16. The molecule has 0 aliphatic heterocycles. The van der Waals surface area contributed by atoms with Gasteiger partial charge in [0.25, 0.3) is 0 Å². The maximum atomic E-state index is 13.7. The molecule has 0 bridgehead atoms. The molecule has 250 valence electrons. The molecular formula is C40H36O7S2. The molecule has 0 saturated carbocycles. The van der Waals surface area contributed by atoms with Gasteiger partial charge in [-0.2, -0.15) is 0 Å². The number of hydrogen-bond acceptors (Lipinski definition) is 9. The van der Waals surface area contributed by atoms with Crippen LogP contribution in [0.25, 0.3) is 0 Å². The Morgan fingerprint density at radius 2 is 0.837 bits per heavy atom. The Labute approximate surface area is 294 Å². The molecule has 0 saturated heterocycles. The van der Waals surface area contributed by atoms with E-state index in [2.05, 4.69) is 0 Å². The van der Waals surface area contributed by atoms with E-state index in [-0.39, 0.29) is 5.56 Å². The van der Waals surface area contributed by atoms with Gasteiger partial charge in [-0.25, -0.2) is 14.4 Å². The predicted molar refractivity (Wildman–Crippen MR) is 193 cm³/mol. The predicted octanol–water partition coefficient (Wildman–Crippen LogP) is 7.85. The van der Waals surface area contributed by atoms with Crippen molar-refractivity contribution in [2.45, 2.75) is 34.4 Å². The topological polar surface area (TPSA) is 99.1 Å². The van der Waals surface area contributed by atoms with Gasteiger partial charge in [0.1, 0.15) is 12.7 Å². The number of carbonyl (C=O) groups excluding carboxylic acids is 3. The molecule has 3 atom stereocenters. The summed E-state index contributed by atoms with van der Waals surface area (Å²) in [6.45, 7) is -0.515. The highest BCUT2D eigenvalue weighted by Crippen LogP contribution is 2.37. The summed E-state index contributed by atoms with van der Waals surface area (Å²) >= 11 is 3.01. The number of thioether (sulfide) groups is 2. The number of aliphatic hydroxyl groups excluding tert-OH is 1. The fourth-order valence-electron chi connectivity index (χ4n) is 4.83. The van der Waals surface area contributed by atoms with E-state index >= 15 is 0 Å². The number of aliphatic hydroxyl groups is 1. The first-order chi connectivity index (χ1) is 24.0. The van der Waals surface area contributed by atoms with E-state index in [4.69, 9.17) is 14.2 Å². The second kappa shape index (κ2) is 18.6. The van der Waals surface area contributed by atoms with Crippen molar-refractivity contribution >= 4 is 41.4 Å². The first kappa shape index (κ1) is 35.5. The normalized spacial score (nSPS) is 12.8. The Balaban J connectivity index is 1.50. The van der Waals surface area contributed by atoms with Gasteiger partial charge in [-0.3, -0.25) is 0 Å². The molecule has 0 spiro atoms. The fourth-order valence-corrected chi connectivity index (χ4v) is 7.52. The lowest BCUT2D eigenvalue weighted by Crippen LogP contribution is -2.49. The van der Waals surface area contributed by atoms with Gasteiger partial charge in [-0.1, -0.05) is 115 Å². The number of esters is 3. The van der Waals surface area contributed by atoms with Crippen molar-refractivity contribution in [3.05, 3.63) is 179 Å². The molecule has 5 rings (SSSR count).